The van der Waals surface area contributed by atoms with Crippen LogP contribution in [0.2, 0.25) is 0 Å². The number of methoxy groups -OCH3 is 1. The van der Waals surface area contributed by atoms with Crippen LogP contribution in [0.5, 0.6) is 5.75 Å². The van der Waals surface area contributed by atoms with Crippen LogP contribution in [0.3, 0.4) is 0 Å². The molecule has 0 saturated carbocycles. The summed E-state index contributed by atoms with van der Waals surface area (Å²) in [6.07, 6.45) is 4.80. The lowest BCUT2D eigenvalue weighted by molar-refractivity contribution is 0.415. The van der Waals surface area contributed by atoms with Crippen LogP contribution in [-0.2, 0) is 0 Å². The molecule has 0 aliphatic carbocycles. The summed E-state index contributed by atoms with van der Waals surface area (Å²) in [6.45, 7) is 0. The summed E-state index contributed by atoms with van der Waals surface area (Å²) >= 11 is 0. The molecule has 0 saturated heterocycles. The van der Waals surface area contributed by atoms with Crippen molar-refractivity contribution in [3.63, 3.8) is 0 Å². The maximum atomic E-state index is 12.6. The van der Waals surface area contributed by atoms with Crippen LogP contribution in [0.1, 0.15) is 5.69 Å². The van der Waals surface area contributed by atoms with E-state index in [0.29, 0.717) is 33.5 Å². The molecule has 0 amide bonds. The van der Waals surface area contributed by atoms with E-state index in [1.165, 1.54) is 11.0 Å². The van der Waals surface area contributed by atoms with Gasteiger partial charge in [-0.25, -0.2) is 9.66 Å². The predicted octanol–water partition coefficient (Wildman–Crippen LogP) is 2.16. The molecule has 7 nitrogen and oxygen atoms in total. The average Bonchev–Trinajstić information content (AvgIpc) is 3.04. The number of nitrogens with one attached hydrogen (secondary N) is 1. The van der Waals surface area contributed by atoms with Crippen molar-refractivity contribution >= 4 is 28.3 Å². The third kappa shape index (κ3) is 2.32. The van der Waals surface area contributed by atoms with Crippen molar-refractivity contribution in [1.29, 1.82) is 0 Å². The second kappa shape index (κ2) is 5.62. The number of H-pyrrole nitrogens is 1. The van der Waals surface area contributed by atoms with Crippen LogP contribution in [0.15, 0.2) is 58.8 Å². The Kier molecular flexibility index (Phi) is 3.31. The van der Waals surface area contributed by atoms with E-state index in [2.05, 4.69) is 20.1 Å². The third-order valence-corrected chi connectivity index (χ3v) is 3.69. The van der Waals surface area contributed by atoms with E-state index in [1.54, 1.807) is 37.7 Å². The number of rotatable bonds is 3. The molecule has 0 radical (unpaired) electrons. The van der Waals surface area contributed by atoms with Gasteiger partial charge < -0.3 is 9.72 Å². The minimum absolute atomic E-state index is 0.163. The Bertz CT molecular complexity index is 1110. The SMILES string of the molecule is COc1ccc2[nH]c3c(ncn3N=Cc3ccccn3)c(=O)c2c1. The second-order valence-electron chi connectivity index (χ2n) is 5.15. The summed E-state index contributed by atoms with van der Waals surface area (Å²) in [6, 6.07) is 10.8. The largest absolute Gasteiger partial charge is 0.497 e. The third-order valence-electron chi connectivity index (χ3n) is 3.69. The molecule has 7 heteroatoms. The Morgan fingerprint density at radius 1 is 1.25 bits per heavy atom. The molecule has 0 fully saturated rings. The number of hydrogen-bond acceptors (Lipinski definition) is 5. The minimum atomic E-state index is -0.163. The Morgan fingerprint density at radius 3 is 2.96 bits per heavy atom. The average molecular weight is 319 g/mol. The molecule has 3 heterocycles. The van der Waals surface area contributed by atoms with Crippen LogP contribution in [0.4, 0.5) is 0 Å². The standard InChI is InChI=1S/C17H13N5O2/c1-24-12-5-6-14-13(8-12)16(23)15-17(21-14)22(10-19-15)20-9-11-4-2-3-7-18-11/h2-10H,1H3,(H,21,23). The van der Waals surface area contributed by atoms with Gasteiger partial charge in [0.2, 0.25) is 5.43 Å². The van der Waals surface area contributed by atoms with E-state index >= 15 is 0 Å². The normalized spacial score (nSPS) is 11.5. The van der Waals surface area contributed by atoms with Crippen molar-refractivity contribution in [2.75, 3.05) is 7.11 Å². The molecular weight excluding hydrogens is 306 g/mol. The first-order chi connectivity index (χ1) is 11.8. The molecule has 0 aliphatic rings. The highest BCUT2D eigenvalue weighted by Gasteiger charge is 2.11. The molecule has 3 aromatic heterocycles. The minimum Gasteiger partial charge on any atom is -0.497 e. The topological polar surface area (TPSA) is 85.2 Å². The molecule has 24 heavy (non-hydrogen) atoms. The monoisotopic (exact) mass is 319 g/mol. The van der Waals surface area contributed by atoms with Crippen LogP contribution in [-0.4, -0.2) is 33.0 Å². The second-order valence-corrected chi connectivity index (χ2v) is 5.15. The summed E-state index contributed by atoms with van der Waals surface area (Å²) in [4.78, 5) is 24.2. The number of aromatic amines is 1. The number of nitrogens with zero attached hydrogens (tertiary/aromatic N) is 4. The van der Waals surface area contributed by atoms with Crippen LogP contribution in [0.25, 0.3) is 22.1 Å². The molecule has 0 atom stereocenters. The molecule has 118 valence electrons. The molecular formula is C17H13N5O2. The number of aromatic nitrogens is 4. The van der Waals surface area contributed by atoms with Crippen molar-refractivity contribution in [2.45, 2.75) is 0 Å². The number of ether oxygens (including phenoxy) is 1. The highest BCUT2D eigenvalue weighted by Crippen LogP contribution is 2.19. The van der Waals surface area contributed by atoms with Crippen molar-refractivity contribution in [3.8, 4) is 5.75 Å². The summed E-state index contributed by atoms with van der Waals surface area (Å²) in [5, 5.41) is 4.85. The Morgan fingerprint density at radius 2 is 2.17 bits per heavy atom. The van der Waals surface area contributed by atoms with Gasteiger partial charge in [-0.15, -0.1) is 0 Å². The lowest BCUT2D eigenvalue weighted by Gasteiger charge is -2.03. The maximum absolute atomic E-state index is 12.6. The van der Waals surface area contributed by atoms with E-state index in [1.807, 2.05) is 18.2 Å². The van der Waals surface area contributed by atoms with E-state index in [4.69, 9.17) is 4.74 Å². The fourth-order valence-corrected chi connectivity index (χ4v) is 2.49. The Labute approximate surface area is 136 Å². The van der Waals surface area contributed by atoms with Gasteiger partial charge in [-0.2, -0.15) is 5.10 Å². The summed E-state index contributed by atoms with van der Waals surface area (Å²) in [5.74, 6) is 0.625. The molecule has 0 unspecified atom stereocenters. The number of pyridine rings is 2. The van der Waals surface area contributed by atoms with Gasteiger partial charge in [0.15, 0.2) is 11.2 Å². The lowest BCUT2D eigenvalue weighted by atomic mass is 10.2. The molecule has 0 spiro atoms. The predicted molar refractivity (Wildman–Crippen MR) is 91.6 cm³/mol. The number of fused-ring (bicyclic) bond motifs is 2. The van der Waals surface area contributed by atoms with Crippen molar-refractivity contribution < 1.29 is 4.74 Å². The van der Waals surface area contributed by atoms with Crippen LogP contribution in [0, 0.1) is 0 Å². The van der Waals surface area contributed by atoms with Gasteiger partial charge in [-0.3, -0.25) is 9.78 Å². The Hall–Kier alpha value is -3.48. The van der Waals surface area contributed by atoms with E-state index in [9.17, 15) is 4.79 Å². The maximum Gasteiger partial charge on any atom is 0.217 e. The Balaban J connectivity index is 1.87. The van der Waals surface area contributed by atoms with Gasteiger partial charge in [-0.1, -0.05) is 6.07 Å². The van der Waals surface area contributed by atoms with E-state index in [0.717, 1.165) is 0 Å². The van der Waals surface area contributed by atoms with Crippen molar-refractivity contribution in [3.05, 3.63) is 64.8 Å². The summed E-state index contributed by atoms with van der Waals surface area (Å²) in [5.41, 5.74) is 2.11. The fourth-order valence-electron chi connectivity index (χ4n) is 2.49. The molecule has 0 bridgehead atoms. The number of hydrogen-bond donors (Lipinski definition) is 1. The summed E-state index contributed by atoms with van der Waals surface area (Å²) < 4.78 is 6.70. The first-order valence-electron chi connectivity index (χ1n) is 7.29. The van der Waals surface area contributed by atoms with Gasteiger partial charge >= 0.3 is 0 Å². The van der Waals surface area contributed by atoms with Gasteiger partial charge in [0.05, 0.1) is 29.9 Å². The van der Waals surface area contributed by atoms with Gasteiger partial charge in [-0.05, 0) is 30.3 Å². The zero-order valence-corrected chi connectivity index (χ0v) is 12.8. The molecule has 0 aliphatic heterocycles. The fraction of sp³-hybridized carbons (Fsp3) is 0.0588. The molecule has 1 aromatic carbocycles. The van der Waals surface area contributed by atoms with Crippen molar-refractivity contribution in [2.24, 2.45) is 5.10 Å². The van der Waals surface area contributed by atoms with Gasteiger partial charge in [0.25, 0.3) is 0 Å². The molecule has 4 aromatic rings. The zero-order chi connectivity index (χ0) is 16.5. The lowest BCUT2D eigenvalue weighted by Crippen LogP contribution is -2.05. The molecule has 4 rings (SSSR count). The highest BCUT2D eigenvalue weighted by molar-refractivity contribution is 5.90. The highest BCUT2D eigenvalue weighted by atomic mass is 16.5. The number of imidazole rings is 1. The van der Waals surface area contributed by atoms with E-state index in [-0.39, 0.29) is 5.43 Å². The molecule has 1 N–H and O–H groups in total. The summed E-state index contributed by atoms with van der Waals surface area (Å²) in [7, 11) is 1.56. The number of benzene rings is 1. The van der Waals surface area contributed by atoms with Gasteiger partial charge in [0, 0.05) is 6.20 Å². The van der Waals surface area contributed by atoms with E-state index < -0.39 is 0 Å². The smallest absolute Gasteiger partial charge is 0.217 e. The van der Waals surface area contributed by atoms with Gasteiger partial charge in [0.1, 0.15) is 12.1 Å². The van der Waals surface area contributed by atoms with Crippen molar-refractivity contribution in [1.82, 2.24) is 19.6 Å². The van der Waals surface area contributed by atoms with Crippen LogP contribution >= 0.6 is 0 Å². The van der Waals surface area contributed by atoms with Crippen LogP contribution < -0.4 is 10.2 Å². The quantitative estimate of drug-likeness (QED) is 0.586. The first kappa shape index (κ1) is 14.1. The first-order valence-corrected chi connectivity index (χ1v) is 7.29. The zero-order valence-electron chi connectivity index (χ0n) is 12.8.